The highest BCUT2D eigenvalue weighted by atomic mass is 16.1. The van der Waals surface area contributed by atoms with Crippen LogP contribution in [0.15, 0.2) is 46.6 Å². The zero-order valence-corrected chi connectivity index (χ0v) is 15.9. The largest absolute Gasteiger partial charge is 0.353 e. The Morgan fingerprint density at radius 3 is 2.70 bits per heavy atom. The lowest BCUT2D eigenvalue weighted by molar-refractivity contribution is -0.121. The van der Waals surface area contributed by atoms with E-state index in [9.17, 15) is 4.79 Å². The van der Waals surface area contributed by atoms with E-state index in [0.717, 1.165) is 23.5 Å². The number of hydrogen-bond donors (Lipinski definition) is 1. The predicted molar refractivity (Wildman–Crippen MR) is 104 cm³/mol. The second-order valence-electron chi connectivity index (χ2n) is 7.08. The lowest BCUT2D eigenvalue weighted by atomic mass is 10.0. The molecule has 3 rings (SSSR count). The molecule has 0 aliphatic carbocycles. The summed E-state index contributed by atoms with van der Waals surface area (Å²) in [6, 6.07) is 12.1. The van der Waals surface area contributed by atoms with Gasteiger partial charge in [0.15, 0.2) is 5.66 Å². The van der Waals surface area contributed by atoms with Gasteiger partial charge in [0.1, 0.15) is 0 Å². The number of aromatic nitrogens is 2. The van der Waals surface area contributed by atoms with Crippen molar-refractivity contribution in [2.24, 2.45) is 10.2 Å². The highest BCUT2D eigenvalue weighted by Gasteiger charge is 2.39. The van der Waals surface area contributed by atoms with E-state index >= 15 is 0 Å². The van der Waals surface area contributed by atoms with E-state index in [1.807, 2.05) is 48.9 Å². The molecule has 2 aromatic rings. The number of nitrogens with zero attached hydrogens (tertiary/aromatic N) is 4. The molecule has 1 amide bonds. The van der Waals surface area contributed by atoms with Gasteiger partial charge in [-0.15, -0.1) is 12.3 Å². The molecule has 1 aromatic heterocycles. The fourth-order valence-electron chi connectivity index (χ4n) is 3.18. The molecule has 27 heavy (non-hydrogen) atoms. The number of aryl methyl sites for hydroxylation is 1. The van der Waals surface area contributed by atoms with Crippen LogP contribution in [0, 0.1) is 19.3 Å². The van der Waals surface area contributed by atoms with Gasteiger partial charge in [-0.25, -0.2) is 4.68 Å². The summed E-state index contributed by atoms with van der Waals surface area (Å²) >= 11 is 0. The molecular weight excluding hydrogens is 338 g/mol. The average molecular weight is 363 g/mol. The number of rotatable bonds is 9. The molecule has 1 unspecified atom stereocenters. The van der Waals surface area contributed by atoms with Gasteiger partial charge in [-0.1, -0.05) is 18.2 Å². The number of terminal acetylenes is 1. The van der Waals surface area contributed by atoms with E-state index in [4.69, 9.17) is 6.42 Å². The van der Waals surface area contributed by atoms with E-state index in [1.54, 1.807) is 0 Å². The van der Waals surface area contributed by atoms with Gasteiger partial charge in [0.2, 0.25) is 5.91 Å². The van der Waals surface area contributed by atoms with Gasteiger partial charge in [0.05, 0.1) is 11.4 Å². The van der Waals surface area contributed by atoms with E-state index in [2.05, 4.69) is 32.6 Å². The highest BCUT2D eigenvalue weighted by Crippen LogP contribution is 2.37. The number of para-hydroxylation sites is 1. The van der Waals surface area contributed by atoms with Crippen LogP contribution < -0.4 is 5.32 Å². The zero-order chi connectivity index (χ0) is 19.3. The summed E-state index contributed by atoms with van der Waals surface area (Å²) in [7, 11) is 0. The smallest absolute Gasteiger partial charge is 0.220 e. The van der Waals surface area contributed by atoms with Crippen LogP contribution in [0.5, 0.6) is 0 Å². The number of hydrogen-bond acceptors (Lipinski definition) is 4. The van der Waals surface area contributed by atoms with E-state index in [1.165, 1.54) is 0 Å². The number of carbonyl (C=O) groups excluding carboxylic acids is 1. The SMILES string of the molecule is C#CCCC1(CCC(=O)NC(C)Cc2cc(C)nn2-c2ccccc2)N=N1. The summed E-state index contributed by atoms with van der Waals surface area (Å²) in [5, 5.41) is 15.8. The lowest BCUT2D eigenvalue weighted by Crippen LogP contribution is -2.35. The molecular formula is C21H25N5O. The van der Waals surface area contributed by atoms with E-state index in [-0.39, 0.29) is 11.9 Å². The third-order valence-electron chi connectivity index (χ3n) is 4.63. The van der Waals surface area contributed by atoms with Crippen LogP contribution in [0.2, 0.25) is 0 Å². The van der Waals surface area contributed by atoms with Crippen molar-refractivity contribution < 1.29 is 4.79 Å². The van der Waals surface area contributed by atoms with Crippen LogP contribution in [-0.2, 0) is 11.2 Å². The van der Waals surface area contributed by atoms with Gasteiger partial charge >= 0.3 is 0 Å². The first-order valence-corrected chi connectivity index (χ1v) is 9.29. The molecule has 1 N–H and O–H groups in total. The third-order valence-corrected chi connectivity index (χ3v) is 4.63. The Kier molecular flexibility index (Phi) is 5.70. The monoisotopic (exact) mass is 363 g/mol. The molecule has 1 aliphatic heterocycles. The summed E-state index contributed by atoms with van der Waals surface area (Å²) in [5.74, 6) is 2.62. The third kappa shape index (κ3) is 5.04. The maximum absolute atomic E-state index is 12.3. The van der Waals surface area contributed by atoms with E-state index < -0.39 is 5.66 Å². The van der Waals surface area contributed by atoms with Crippen molar-refractivity contribution in [2.45, 2.75) is 57.7 Å². The fraction of sp³-hybridized carbons (Fsp3) is 0.429. The second-order valence-corrected chi connectivity index (χ2v) is 7.08. The van der Waals surface area contributed by atoms with Gasteiger partial charge in [-0.2, -0.15) is 15.3 Å². The fourth-order valence-corrected chi connectivity index (χ4v) is 3.18. The Hall–Kier alpha value is -2.94. The molecule has 1 atom stereocenters. The Morgan fingerprint density at radius 1 is 1.30 bits per heavy atom. The topological polar surface area (TPSA) is 71.6 Å². The van der Waals surface area contributed by atoms with Gasteiger partial charge < -0.3 is 5.32 Å². The van der Waals surface area contributed by atoms with Crippen molar-refractivity contribution in [2.75, 3.05) is 0 Å². The molecule has 6 heteroatoms. The summed E-state index contributed by atoms with van der Waals surface area (Å²) in [6.45, 7) is 3.99. The normalized spacial score (nSPS) is 15.1. The zero-order valence-electron chi connectivity index (χ0n) is 15.9. The van der Waals surface area contributed by atoms with Gasteiger partial charge in [-0.05, 0) is 32.0 Å². The minimum absolute atomic E-state index is 0.00537. The summed E-state index contributed by atoms with van der Waals surface area (Å²) in [4.78, 5) is 12.3. The summed E-state index contributed by atoms with van der Waals surface area (Å²) < 4.78 is 1.94. The first-order chi connectivity index (χ1) is 13.0. The number of nitrogens with one attached hydrogen (secondary N) is 1. The molecule has 0 radical (unpaired) electrons. The number of amides is 1. The molecule has 1 aromatic carbocycles. The van der Waals surface area contributed by atoms with Gasteiger partial charge in [-0.3, -0.25) is 4.79 Å². The summed E-state index contributed by atoms with van der Waals surface area (Å²) in [6.07, 6.45) is 8.38. The van der Waals surface area contributed by atoms with Crippen molar-refractivity contribution in [3.8, 4) is 18.0 Å². The van der Waals surface area contributed by atoms with Crippen molar-refractivity contribution in [3.63, 3.8) is 0 Å². The van der Waals surface area contributed by atoms with Crippen LogP contribution in [0.1, 0.15) is 44.0 Å². The van der Waals surface area contributed by atoms with Crippen LogP contribution in [0.4, 0.5) is 0 Å². The second kappa shape index (κ2) is 8.17. The van der Waals surface area contributed by atoms with Gasteiger partial charge in [0, 0.05) is 43.8 Å². The molecule has 0 fully saturated rings. The molecule has 2 heterocycles. The quantitative estimate of drug-likeness (QED) is 0.692. The Balaban J connectivity index is 1.53. The van der Waals surface area contributed by atoms with Crippen molar-refractivity contribution >= 4 is 5.91 Å². The molecule has 140 valence electrons. The van der Waals surface area contributed by atoms with Crippen LogP contribution >= 0.6 is 0 Å². The maximum Gasteiger partial charge on any atom is 0.220 e. The van der Waals surface area contributed by atoms with Crippen LogP contribution in [0.25, 0.3) is 5.69 Å². The first kappa shape index (κ1) is 18.8. The van der Waals surface area contributed by atoms with Gasteiger partial charge in [0.25, 0.3) is 0 Å². The Bertz CT molecular complexity index is 856. The van der Waals surface area contributed by atoms with Crippen molar-refractivity contribution in [3.05, 3.63) is 47.8 Å². The number of carbonyl (C=O) groups is 1. The number of benzene rings is 1. The highest BCUT2D eigenvalue weighted by molar-refractivity contribution is 5.76. The minimum atomic E-state index is -0.407. The first-order valence-electron chi connectivity index (χ1n) is 9.29. The molecule has 0 spiro atoms. The summed E-state index contributed by atoms with van der Waals surface area (Å²) in [5.41, 5.74) is 2.64. The molecule has 1 aliphatic rings. The standard InChI is InChI=1S/C21H25N5O/c1-4-5-12-21(24-25-21)13-11-20(27)22-16(2)14-19-15-17(3)23-26(19)18-9-7-6-8-10-18/h1,6-10,15-16H,5,11-14H2,2-3H3,(H,22,27). The lowest BCUT2D eigenvalue weighted by Gasteiger charge is -2.16. The van der Waals surface area contributed by atoms with Crippen LogP contribution in [-0.4, -0.2) is 27.4 Å². The van der Waals surface area contributed by atoms with Crippen LogP contribution in [0.3, 0.4) is 0 Å². The predicted octanol–water partition coefficient (Wildman–Crippen LogP) is 3.58. The van der Waals surface area contributed by atoms with Crippen molar-refractivity contribution in [1.82, 2.24) is 15.1 Å². The molecule has 0 bridgehead atoms. The minimum Gasteiger partial charge on any atom is -0.353 e. The Morgan fingerprint density at radius 2 is 2.04 bits per heavy atom. The molecule has 0 saturated heterocycles. The van der Waals surface area contributed by atoms with E-state index in [0.29, 0.717) is 25.7 Å². The Labute approximate surface area is 160 Å². The average Bonchev–Trinajstić information content (AvgIpc) is 3.34. The van der Waals surface area contributed by atoms with Crippen molar-refractivity contribution in [1.29, 1.82) is 0 Å². The molecule has 6 nitrogen and oxygen atoms in total. The maximum atomic E-state index is 12.3. The molecule has 0 saturated carbocycles.